The lowest BCUT2D eigenvalue weighted by Crippen LogP contribution is -2.25. The third-order valence-corrected chi connectivity index (χ3v) is 5.14. The predicted octanol–water partition coefficient (Wildman–Crippen LogP) is 4.45. The molecule has 154 valence electrons. The third kappa shape index (κ3) is 3.38. The third-order valence-electron chi connectivity index (χ3n) is 5.14. The zero-order valence-corrected chi connectivity index (χ0v) is 16.9. The van der Waals surface area contributed by atoms with Crippen LogP contribution in [0, 0.1) is 0 Å². The average Bonchev–Trinajstić information content (AvgIpc) is 3.43. The summed E-state index contributed by atoms with van der Waals surface area (Å²) in [6, 6.07) is 20.2. The van der Waals surface area contributed by atoms with Crippen LogP contribution in [0.15, 0.2) is 71.1 Å². The number of nitrogens with zero attached hydrogens (tertiary/aromatic N) is 4. The highest BCUT2D eigenvalue weighted by atomic mass is 16.5. The lowest BCUT2D eigenvalue weighted by molar-refractivity contribution is -0.119. The highest BCUT2D eigenvalue weighted by Gasteiger charge is 2.21. The quantitative estimate of drug-likeness (QED) is 0.457. The molecular weight excluding hydrogens is 394 g/mol. The van der Waals surface area contributed by atoms with Crippen LogP contribution in [0.3, 0.4) is 0 Å². The molecule has 5 aromatic rings. The Morgan fingerprint density at radius 1 is 1.03 bits per heavy atom. The molecule has 1 atom stereocenters. The van der Waals surface area contributed by atoms with E-state index in [0.717, 1.165) is 21.9 Å². The maximum Gasteiger partial charge on any atom is 0.250 e. The van der Waals surface area contributed by atoms with Gasteiger partial charge in [0.05, 0.1) is 12.8 Å². The number of amides is 1. The normalized spacial score (nSPS) is 12.2. The van der Waals surface area contributed by atoms with Crippen LogP contribution in [0.4, 0.5) is 5.69 Å². The first kappa shape index (κ1) is 18.8. The van der Waals surface area contributed by atoms with E-state index in [2.05, 4.69) is 20.7 Å². The van der Waals surface area contributed by atoms with Gasteiger partial charge in [-0.15, -0.1) is 10.2 Å². The minimum atomic E-state index is -0.680. The standard InChI is InChI=1S/C23H19N5O3/c1-14(28-26-22(25-27-28)15-8-4-3-5-9-15)23(29)24-18-13-20-17(12-21(18)30-2)16-10-6-7-11-19(16)31-20/h3-14H,1-2H3,(H,24,29). The molecule has 0 aliphatic carbocycles. The van der Waals surface area contributed by atoms with E-state index in [0.29, 0.717) is 22.8 Å². The Morgan fingerprint density at radius 3 is 2.61 bits per heavy atom. The van der Waals surface area contributed by atoms with Gasteiger partial charge >= 0.3 is 0 Å². The van der Waals surface area contributed by atoms with Crippen molar-refractivity contribution in [3.05, 3.63) is 66.7 Å². The molecule has 31 heavy (non-hydrogen) atoms. The van der Waals surface area contributed by atoms with E-state index in [1.165, 1.54) is 4.80 Å². The van der Waals surface area contributed by atoms with Gasteiger partial charge in [-0.2, -0.15) is 4.80 Å². The summed E-state index contributed by atoms with van der Waals surface area (Å²) in [6.45, 7) is 1.71. The number of anilines is 1. The molecule has 2 heterocycles. The number of carbonyl (C=O) groups excluding carboxylic acids is 1. The van der Waals surface area contributed by atoms with Crippen molar-refractivity contribution in [2.75, 3.05) is 12.4 Å². The molecule has 2 aromatic heterocycles. The lowest BCUT2D eigenvalue weighted by atomic mass is 10.1. The second-order valence-electron chi connectivity index (χ2n) is 7.11. The Balaban J connectivity index is 1.43. The molecule has 8 nitrogen and oxygen atoms in total. The number of rotatable bonds is 5. The van der Waals surface area contributed by atoms with Crippen molar-refractivity contribution in [1.82, 2.24) is 20.2 Å². The van der Waals surface area contributed by atoms with Gasteiger partial charge < -0.3 is 14.5 Å². The van der Waals surface area contributed by atoms with Gasteiger partial charge in [-0.1, -0.05) is 48.5 Å². The van der Waals surface area contributed by atoms with Crippen molar-refractivity contribution in [3.63, 3.8) is 0 Å². The predicted molar refractivity (Wildman–Crippen MR) is 117 cm³/mol. The largest absolute Gasteiger partial charge is 0.495 e. The second kappa shape index (κ2) is 7.56. The second-order valence-corrected chi connectivity index (χ2v) is 7.11. The van der Waals surface area contributed by atoms with E-state index in [-0.39, 0.29) is 5.91 Å². The number of ether oxygens (including phenoxy) is 1. The number of fused-ring (bicyclic) bond motifs is 3. The topological polar surface area (TPSA) is 95.1 Å². The first-order valence-corrected chi connectivity index (χ1v) is 9.79. The van der Waals surface area contributed by atoms with Crippen LogP contribution in [-0.4, -0.2) is 33.2 Å². The fraction of sp³-hybridized carbons (Fsp3) is 0.130. The monoisotopic (exact) mass is 413 g/mol. The number of para-hydroxylation sites is 1. The number of hydrogen-bond acceptors (Lipinski definition) is 6. The summed E-state index contributed by atoms with van der Waals surface area (Å²) in [4.78, 5) is 14.2. The molecule has 0 fully saturated rings. The number of aromatic nitrogens is 4. The summed E-state index contributed by atoms with van der Waals surface area (Å²) in [6.07, 6.45) is 0. The molecule has 0 bridgehead atoms. The minimum Gasteiger partial charge on any atom is -0.495 e. The van der Waals surface area contributed by atoms with E-state index >= 15 is 0 Å². The summed E-state index contributed by atoms with van der Waals surface area (Å²) in [5, 5.41) is 17.2. The van der Waals surface area contributed by atoms with Crippen LogP contribution in [0.5, 0.6) is 5.75 Å². The van der Waals surface area contributed by atoms with Gasteiger partial charge in [0.15, 0.2) is 0 Å². The zero-order chi connectivity index (χ0) is 21.4. The van der Waals surface area contributed by atoms with Crippen LogP contribution < -0.4 is 10.1 Å². The van der Waals surface area contributed by atoms with Crippen LogP contribution >= 0.6 is 0 Å². The Hall–Kier alpha value is -4.20. The molecule has 0 aliphatic heterocycles. The number of benzene rings is 3. The maximum atomic E-state index is 12.9. The SMILES string of the molecule is COc1cc2c(cc1NC(=O)C(C)n1nnc(-c3ccccc3)n1)oc1ccccc12. The van der Waals surface area contributed by atoms with E-state index in [1.807, 2.05) is 60.7 Å². The number of tetrazole rings is 1. The van der Waals surface area contributed by atoms with Crippen molar-refractivity contribution < 1.29 is 13.9 Å². The lowest BCUT2D eigenvalue weighted by Gasteiger charge is -2.13. The summed E-state index contributed by atoms with van der Waals surface area (Å²) in [7, 11) is 1.56. The smallest absolute Gasteiger partial charge is 0.250 e. The van der Waals surface area contributed by atoms with Crippen molar-refractivity contribution in [1.29, 1.82) is 0 Å². The Kier molecular flexibility index (Phi) is 4.59. The number of methoxy groups -OCH3 is 1. The van der Waals surface area contributed by atoms with E-state index in [4.69, 9.17) is 9.15 Å². The van der Waals surface area contributed by atoms with Gasteiger partial charge in [-0.25, -0.2) is 0 Å². The highest BCUT2D eigenvalue weighted by molar-refractivity contribution is 6.08. The number of nitrogens with one attached hydrogen (secondary N) is 1. The molecule has 1 unspecified atom stereocenters. The molecule has 8 heteroatoms. The Bertz CT molecular complexity index is 1390. The molecule has 1 N–H and O–H groups in total. The van der Waals surface area contributed by atoms with Gasteiger partial charge in [0.1, 0.15) is 23.0 Å². The fourth-order valence-corrected chi connectivity index (χ4v) is 3.45. The Morgan fingerprint density at radius 2 is 1.81 bits per heavy atom. The summed E-state index contributed by atoms with van der Waals surface area (Å²) < 4.78 is 11.4. The van der Waals surface area contributed by atoms with Crippen molar-refractivity contribution in [2.45, 2.75) is 13.0 Å². The van der Waals surface area contributed by atoms with Gasteiger partial charge in [0.2, 0.25) is 5.82 Å². The average molecular weight is 413 g/mol. The number of furan rings is 1. The molecule has 1 amide bonds. The van der Waals surface area contributed by atoms with E-state index < -0.39 is 6.04 Å². The van der Waals surface area contributed by atoms with Gasteiger partial charge in [0.25, 0.3) is 5.91 Å². The van der Waals surface area contributed by atoms with Crippen LogP contribution in [-0.2, 0) is 4.79 Å². The van der Waals surface area contributed by atoms with E-state index in [1.54, 1.807) is 20.1 Å². The molecule has 0 aliphatic rings. The van der Waals surface area contributed by atoms with Crippen LogP contribution in [0.1, 0.15) is 13.0 Å². The maximum absolute atomic E-state index is 12.9. The van der Waals surface area contributed by atoms with Crippen molar-refractivity contribution in [3.8, 4) is 17.1 Å². The fourth-order valence-electron chi connectivity index (χ4n) is 3.45. The van der Waals surface area contributed by atoms with E-state index in [9.17, 15) is 4.79 Å². The van der Waals surface area contributed by atoms with Gasteiger partial charge in [0, 0.05) is 22.4 Å². The summed E-state index contributed by atoms with van der Waals surface area (Å²) in [5.74, 6) is 0.698. The molecule has 0 radical (unpaired) electrons. The molecule has 3 aromatic carbocycles. The van der Waals surface area contributed by atoms with Gasteiger partial charge in [-0.05, 0) is 24.3 Å². The van der Waals surface area contributed by atoms with Crippen LogP contribution in [0.2, 0.25) is 0 Å². The van der Waals surface area contributed by atoms with Crippen LogP contribution in [0.25, 0.3) is 33.3 Å². The highest BCUT2D eigenvalue weighted by Crippen LogP contribution is 2.36. The first-order chi connectivity index (χ1) is 15.1. The first-order valence-electron chi connectivity index (χ1n) is 9.79. The molecule has 0 saturated heterocycles. The Labute approximate surface area is 177 Å². The number of carbonyl (C=O) groups is 1. The number of hydrogen-bond donors (Lipinski definition) is 1. The minimum absolute atomic E-state index is 0.300. The molecule has 0 saturated carbocycles. The summed E-state index contributed by atoms with van der Waals surface area (Å²) in [5.41, 5.74) is 2.78. The zero-order valence-electron chi connectivity index (χ0n) is 16.9. The van der Waals surface area contributed by atoms with Crippen molar-refractivity contribution >= 4 is 33.5 Å². The summed E-state index contributed by atoms with van der Waals surface area (Å²) >= 11 is 0. The van der Waals surface area contributed by atoms with Crippen molar-refractivity contribution in [2.24, 2.45) is 0 Å². The van der Waals surface area contributed by atoms with Gasteiger partial charge in [-0.3, -0.25) is 4.79 Å². The molecule has 5 rings (SSSR count). The molecular formula is C23H19N5O3. The molecule has 0 spiro atoms.